The average Bonchev–Trinajstić information content (AvgIpc) is 3.03. The van der Waals surface area contributed by atoms with Crippen LogP contribution in [0.25, 0.3) is 5.65 Å². The average molecular weight is 352 g/mol. The van der Waals surface area contributed by atoms with E-state index in [1.807, 2.05) is 30.2 Å². The normalized spacial score (nSPS) is 15.5. The SMILES string of the molecule is Cc1cc2nc(C3CCN(C(=O)Cc4ccccc4F)CC3)ccn2n1. The van der Waals surface area contributed by atoms with Gasteiger partial charge in [-0.2, -0.15) is 5.10 Å². The molecule has 0 bridgehead atoms. The number of nitrogens with zero attached hydrogens (tertiary/aromatic N) is 4. The molecule has 1 saturated heterocycles. The van der Waals surface area contributed by atoms with Gasteiger partial charge in [0.2, 0.25) is 5.91 Å². The molecule has 1 aliphatic rings. The van der Waals surface area contributed by atoms with Crippen LogP contribution in [0.3, 0.4) is 0 Å². The van der Waals surface area contributed by atoms with E-state index in [4.69, 9.17) is 4.98 Å². The zero-order chi connectivity index (χ0) is 18.1. The molecule has 0 N–H and O–H groups in total. The van der Waals surface area contributed by atoms with Crippen LogP contribution in [0, 0.1) is 12.7 Å². The first-order chi connectivity index (χ1) is 12.6. The molecule has 0 radical (unpaired) electrons. The summed E-state index contributed by atoms with van der Waals surface area (Å²) in [5.74, 6) is 0.0143. The topological polar surface area (TPSA) is 50.5 Å². The lowest BCUT2D eigenvalue weighted by molar-refractivity contribution is -0.131. The summed E-state index contributed by atoms with van der Waals surface area (Å²) in [4.78, 5) is 19.0. The van der Waals surface area contributed by atoms with Crippen LogP contribution in [-0.4, -0.2) is 38.5 Å². The first-order valence-corrected chi connectivity index (χ1v) is 8.94. The number of rotatable bonds is 3. The third kappa shape index (κ3) is 3.31. The molecule has 1 amide bonds. The molecule has 2 aromatic heterocycles. The molecule has 134 valence electrons. The van der Waals surface area contributed by atoms with Gasteiger partial charge < -0.3 is 4.90 Å². The maximum Gasteiger partial charge on any atom is 0.227 e. The van der Waals surface area contributed by atoms with Crippen molar-refractivity contribution in [2.24, 2.45) is 0 Å². The number of fused-ring (bicyclic) bond motifs is 1. The highest BCUT2D eigenvalue weighted by atomic mass is 19.1. The van der Waals surface area contributed by atoms with Gasteiger partial charge in [-0.25, -0.2) is 13.9 Å². The molecule has 4 rings (SSSR count). The molecule has 26 heavy (non-hydrogen) atoms. The lowest BCUT2D eigenvalue weighted by Crippen LogP contribution is -2.39. The number of hydrogen-bond acceptors (Lipinski definition) is 3. The molecule has 0 spiro atoms. The monoisotopic (exact) mass is 352 g/mol. The van der Waals surface area contributed by atoms with Gasteiger partial charge in [0.25, 0.3) is 0 Å². The van der Waals surface area contributed by atoms with Gasteiger partial charge in [0, 0.05) is 37.0 Å². The minimum absolute atomic E-state index is 0.0108. The molecule has 0 aliphatic carbocycles. The molecule has 0 atom stereocenters. The van der Waals surface area contributed by atoms with Gasteiger partial charge in [0.15, 0.2) is 5.65 Å². The number of aryl methyl sites for hydroxylation is 1. The van der Waals surface area contributed by atoms with Crippen molar-refractivity contribution in [3.05, 3.63) is 65.4 Å². The molecule has 1 aliphatic heterocycles. The van der Waals surface area contributed by atoms with E-state index in [2.05, 4.69) is 5.10 Å². The van der Waals surface area contributed by atoms with Crippen LogP contribution in [0.5, 0.6) is 0 Å². The van der Waals surface area contributed by atoms with E-state index in [-0.39, 0.29) is 18.1 Å². The van der Waals surface area contributed by atoms with Gasteiger partial charge in [-0.3, -0.25) is 4.79 Å². The lowest BCUT2D eigenvalue weighted by atomic mass is 9.93. The van der Waals surface area contributed by atoms with Gasteiger partial charge in [0.05, 0.1) is 12.1 Å². The van der Waals surface area contributed by atoms with Crippen molar-refractivity contribution < 1.29 is 9.18 Å². The molecule has 3 aromatic rings. The second kappa shape index (κ2) is 6.86. The van der Waals surface area contributed by atoms with Gasteiger partial charge >= 0.3 is 0 Å². The lowest BCUT2D eigenvalue weighted by Gasteiger charge is -2.32. The Morgan fingerprint density at radius 2 is 2.00 bits per heavy atom. The summed E-state index contributed by atoms with van der Waals surface area (Å²) < 4.78 is 15.5. The Hall–Kier alpha value is -2.76. The highest BCUT2D eigenvalue weighted by Crippen LogP contribution is 2.27. The minimum Gasteiger partial charge on any atom is -0.342 e. The highest BCUT2D eigenvalue weighted by Gasteiger charge is 2.25. The van der Waals surface area contributed by atoms with Crippen molar-refractivity contribution in [2.75, 3.05) is 13.1 Å². The van der Waals surface area contributed by atoms with Crippen LogP contribution in [0.2, 0.25) is 0 Å². The Morgan fingerprint density at radius 1 is 1.23 bits per heavy atom. The van der Waals surface area contributed by atoms with E-state index in [0.717, 1.165) is 29.9 Å². The molecule has 5 nitrogen and oxygen atoms in total. The van der Waals surface area contributed by atoms with E-state index in [0.29, 0.717) is 24.6 Å². The van der Waals surface area contributed by atoms with E-state index >= 15 is 0 Å². The standard InChI is InChI=1S/C20H21FN4O/c1-14-12-19-22-18(8-11-25(19)23-14)15-6-9-24(10-7-15)20(26)13-16-4-2-3-5-17(16)21/h2-5,8,11-12,15H,6-7,9-10,13H2,1H3. The van der Waals surface area contributed by atoms with Gasteiger partial charge in [0.1, 0.15) is 5.82 Å². The Balaban J connectivity index is 1.40. The summed E-state index contributed by atoms with van der Waals surface area (Å²) >= 11 is 0. The first-order valence-electron chi connectivity index (χ1n) is 8.94. The van der Waals surface area contributed by atoms with Crippen molar-refractivity contribution in [3.8, 4) is 0 Å². The van der Waals surface area contributed by atoms with Crippen LogP contribution in [-0.2, 0) is 11.2 Å². The Bertz CT molecular complexity index is 944. The maximum absolute atomic E-state index is 13.7. The smallest absolute Gasteiger partial charge is 0.227 e. The van der Waals surface area contributed by atoms with Gasteiger partial charge in [-0.05, 0) is 37.5 Å². The predicted octanol–water partition coefficient (Wildman–Crippen LogP) is 3.13. The molecule has 3 heterocycles. The van der Waals surface area contributed by atoms with Crippen molar-refractivity contribution in [1.82, 2.24) is 19.5 Å². The van der Waals surface area contributed by atoms with Crippen LogP contribution in [0.1, 0.15) is 35.7 Å². The minimum atomic E-state index is -0.315. The molecule has 0 saturated carbocycles. The number of amides is 1. The molecule has 1 aromatic carbocycles. The summed E-state index contributed by atoms with van der Waals surface area (Å²) in [5.41, 5.74) is 3.32. The molecule has 6 heteroatoms. The van der Waals surface area contributed by atoms with Gasteiger partial charge in [-0.1, -0.05) is 18.2 Å². The molecular weight excluding hydrogens is 331 g/mol. The fourth-order valence-electron chi connectivity index (χ4n) is 3.58. The fourth-order valence-corrected chi connectivity index (χ4v) is 3.58. The van der Waals surface area contributed by atoms with Crippen molar-refractivity contribution >= 4 is 11.6 Å². The zero-order valence-electron chi connectivity index (χ0n) is 14.7. The zero-order valence-corrected chi connectivity index (χ0v) is 14.7. The number of halogens is 1. The van der Waals surface area contributed by atoms with Crippen molar-refractivity contribution in [3.63, 3.8) is 0 Å². The molecule has 1 fully saturated rings. The van der Waals surface area contributed by atoms with E-state index in [9.17, 15) is 9.18 Å². The summed E-state index contributed by atoms with van der Waals surface area (Å²) in [7, 11) is 0. The van der Waals surface area contributed by atoms with E-state index in [1.165, 1.54) is 6.07 Å². The second-order valence-corrected chi connectivity index (χ2v) is 6.86. The van der Waals surface area contributed by atoms with E-state index in [1.54, 1.807) is 22.7 Å². The fraction of sp³-hybridized carbons (Fsp3) is 0.350. The summed E-state index contributed by atoms with van der Waals surface area (Å²) in [6, 6.07) is 10.5. The highest BCUT2D eigenvalue weighted by molar-refractivity contribution is 5.79. The van der Waals surface area contributed by atoms with Crippen LogP contribution in [0.4, 0.5) is 4.39 Å². The molecule has 0 unspecified atom stereocenters. The number of hydrogen-bond donors (Lipinski definition) is 0. The number of benzene rings is 1. The van der Waals surface area contributed by atoms with Crippen molar-refractivity contribution in [2.45, 2.75) is 32.1 Å². The molecular formula is C20H21FN4O. The predicted molar refractivity (Wildman–Crippen MR) is 96.4 cm³/mol. The number of carbonyl (C=O) groups is 1. The van der Waals surface area contributed by atoms with Crippen molar-refractivity contribution in [1.29, 1.82) is 0 Å². The van der Waals surface area contributed by atoms with Crippen LogP contribution < -0.4 is 0 Å². The Kier molecular flexibility index (Phi) is 4.41. The number of carbonyl (C=O) groups excluding carboxylic acids is 1. The van der Waals surface area contributed by atoms with E-state index < -0.39 is 0 Å². The Morgan fingerprint density at radius 3 is 2.77 bits per heavy atom. The quantitative estimate of drug-likeness (QED) is 0.728. The number of likely N-dealkylation sites (tertiary alicyclic amines) is 1. The third-order valence-corrected chi connectivity index (χ3v) is 5.03. The van der Waals surface area contributed by atoms with Gasteiger partial charge in [-0.15, -0.1) is 0 Å². The maximum atomic E-state index is 13.7. The summed E-state index contributed by atoms with van der Waals surface area (Å²) in [6.07, 6.45) is 3.82. The largest absolute Gasteiger partial charge is 0.342 e. The Labute approximate surface area is 151 Å². The second-order valence-electron chi connectivity index (χ2n) is 6.86. The van der Waals surface area contributed by atoms with Crippen LogP contribution in [0.15, 0.2) is 42.6 Å². The third-order valence-electron chi connectivity index (χ3n) is 5.03. The first kappa shape index (κ1) is 16.7. The number of aromatic nitrogens is 3. The number of piperidine rings is 1. The summed E-state index contributed by atoms with van der Waals surface area (Å²) in [6.45, 7) is 3.32. The van der Waals surface area contributed by atoms with Crippen LogP contribution >= 0.6 is 0 Å². The summed E-state index contributed by atoms with van der Waals surface area (Å²) in [5, 5.41) is 4.35.